The maximum atomic E-state index is 14.5. The molecule has 1 amide bonds. The molecule has 5 rings (SSSR count). The van der Waals surface area contributed by atoms with E-state index in [0.29, 0.717) is 17.3 Å². The molecule has 1 saturated carbocycles. The number of anilines is 2. The summed E-state index contributed by atoms with van der Waals surface area (Å²) in [4.78, 5) is 16.7. The molecule has 8 heteroatoms. The van der Waals surface area contributed by atoms with Gasteiger partial charge in [-0.05, 0) is 74.7 Å². The Morgan fingerprint density at radius 3 is 2.64 bits per heavy atom. The Labute approximate surface area is 190 Å². The molecule has 2 aromatic heterocycles. The first kappa shape index (κ1) is 20.9. The van der Waals surface area contributed by atoms with Crippen molar-refractivity contribution in [3.8, 4) is 16.9 Å². The second kappa shape index (κ2) is 8.54. The highest BCUT2D eigenvalue weighted by Crippen LogP contribution is 2.27. The number of pyridine rings is 1. The van der Waals surface area contributed by atoms with E-state index in [-0.39, 0.29) is 23.6 Å². The van der Waals surface area contributed by atoms with Crippen LogP contribution in [0.2, 0.25) is 0 Å². The van der Waals surface area contributed by atoms with Gasteiger partial charge in [0.1, 0.15) is 11.6 Å². The molecule has 7 nitrogen and oxygen atoms in total. The van der Waals surface area contributed by atoms with Gasteiger partial charge < -0.3 is 15.4 Å². The topological polar surface area (TPSA) is 80.5 Å². The monoisotopic (exact) mass is 445 g/mol. The van der Waals surface area contributed by atoms with Gasteiger partial charge in [0.2, 0.25) is 5.95 Å². The third-order valence-electron chi connectivity index (χ3n) is 5.28. The van der Waals surface area contributed by atoms with Crippen molar-refractivity contribution in [1.29, 1.82) is 0 Å². The fourth-order valence-electron chi connectivity index (χ4n) is 3.57. The number of hydrogen-bond acceptors (Lipinski definition) is 5. The molecule has 2 N–H and O–H groups in total. The Morgan fingerprint density at radius 1 is 1.15 bits per heavy atom. The fourth-order valence-corrected chi connectivity index (χ4v) is 3.57. The zero-order valence-electron chi connectivity index (χ0n) is 18.4. The van der Waals surface area contributed by atoms with Crippen LogP contribution in [0.1, 0.15) is 37.0 Å². The number of amides is 1. The predicted octanol–water partition coefficient (Wildman–Crippen LogP) is 4.96. The Balaban J connectivity index is 1.38. The number of fused-ring (bicyclic) bond motifs is 1. The van der Waals surface area contributed by atoms with Gasteiger partial charge in [0.05, 0.1) is 11.7 Å². The number of ether oxygens (including phenoxy) is 1. The van der Waals surface area contributed by atoms with Gasteiger partial charge in [-0.25, -0.2) is 8.91 Å². The average Bonchev–Trinajstić information content (AvgIpc) is 3.49. The molecule has 4 aromatic rings. The summed E-state index contributed by atoms with van der Waals surface area (Å²) in [6, 6.07) is 16.3. The highest BCUT2D eigenvalue weighted by molar-refractivity contribution is 5.95. The number of nitrogens with zero attached hydrogens (tertiary/aromatic N) is 3. The van der Waals surface area contributed by atoms with Crippen LogP contribution in [0.5, 0.6) is 5.75 Å². The van der Waals surface area contributed by atoms with Crippen LogP contribution >= 0.6 is 0 Å². The van der Waals surface area contributed by atoms with Crippen LogP contribution in [-0.4, -0.2) is 32.7 Å². The standard InChI is InChI=1S/C25H24FN5O2/c1-15(2)33-19-10-5-16(6-11-19)20-4-3-13-31-23(20)29-25(30-31)28-18-9-12-21(22(26)14-18)24(32)27-17-7-8-17/h3-6,9-15,17H,7-8H2,1-2H3,(H,27,32)(H,28,30). The number of carbonyl (C=O) groups is 1. The first-order valence-electron chi connectivity index (χ1n) is 11.0. The van der Waals surface area contributed by atoms with Crippen LogP contribution in [0, 0.1) is 5.82 Å². The molecule has 2 aromatic carbocycles. The van der Waals surface area contributed by atoms with E-state index < -0.39 is 5.82 Å². The molecule has 0 bridgehead atoms. The molecule has 33 heavy (non-hydrogen) atoms. The normalized spacial score (nSPS) is 13.3. The van der Waals surface area contributed by atoms with Crippen molar-refractivity contribution in [1.82, 2.24) is 19.9 Å². The maximum Gasteiger partial charge on any atom is 0.254 e. The largest absolute Gasteiger partial charge is 0.491 e. The van der Waals surface area contributed by atoms with E-state index >= 15 is 0 Å². The van der Waals surface area contributed by atoms with Gasteiger partial charge >= 0.3 is 0 Å². The zero-order valence-corrected chi connectivity index (χ0v) is 18.4. The van der Waals surface area contributed by atoms with Crippen molar-refractivity contribution in [2.24, 2.45) is 0 Å². The van der Waals surface area contributed by atoms with Crippen LogP contribution in [0.15, 0.2) is 60.8 Å². The molecule has 0 atom stereocenters. The van der Waals surface area contributed by atoms with Crippen molar-refractivity contribution < 1.29 is 13.9 Å². The van der Waals surface area contributed by atoms with Gasteiger partial charge in [-0.3, -0.25) is 4.79 Å². The maximum absolute atomic E-state index is 14.5. The molecule has 0 radical (unpaired) electrons. The minimum absolute atomic E-state index is 0.0302. The van der Waals surface area contributed by atoms with Crippen LogP contribution < -0.4 is 15.4 Å². The lowest BCUT2D eigenvalue weighted by atomic mass is 10.1. The summed E-state index contributed by atoms with van der Waals surface area (Å²) in [5.41, 5.74) is 3.05. The van der Waals surface area contributed by atoms with Gasteiger partial charge in [-0.2, -0.15) is 4.98 Å². The summed E-state index contributed by atoms with van der Waals surface area (Å²) in [5, 5.41) is 10.3. The molecule has 0 aliphatic heterocycles. The van der Waals surface area contributed by atoms with Crippen molar-refractivity contribution in [2.75, 3.05) is 5.32 Å². The molecule has 2 heterocycles. The Kier molecular flexibility index (Phi) is 5.42. The molecule has 1 fully saturated rings. The SMILES string of the molecule is CC(C)Oc1ccc(-c2cccn3nc(Nc4ccc(C(=O)NC5CC5)c(F)c4)nc23)cc1. The van der Waals surface area contributed by atoms with E-state index in [2.05, 4.69) is 20.7 Å². The fraction of sp³-hybridized carbons (Fsp3) is 0.240. The van der Waals surface area contributed by atoms with E-state index in [9.17, 15) is 9.18 Å². The minimum Gasteiger partial charge on any atom is -0.491 e. The van der Waals surface area contributed by atoms with E-state index in [1.54, 1.807) is 16.8 Å². The van der Waals surface area contributed by atoms with Crippen LogP contribution in [0.4, 0.5) is 16.0 Å². The third-order valence-corrected chi connectivity index (χ3v) is 5.28. The highest BCUT2D eigenvalue weighted by atomic mass is 19.1. The Morgan fingerprint density at radius 2 is 1.94 bits per heavy atom. The highest BCUT2D eigenvalue weighted by Gasteiger charge is 2.25. The summed E-state index contributed by atoms with van der Waals surface area (Å²) in [6.07, 6.45) is 3.81. The number of rotatable bonds is 7. The number of hydrogen-bond donors (Lipinski definition) is 2. The van der Waals surface area contributed by atoms with Gasteiger partial charge in [0.25, 0.3) is 5.91 Å². The van der Waals surface area contributed by atoms with Crippen molar-refractivity contribution in [3.63, 3.8) is 0 Å². The molecule has 1 aliphatic carbocycles. The molecule has 0 spiro atoms. The molecule has 1 aliphatic rings. The van der Waals surface area contributed by atoms with E-state index in [0.717, 1.165) is 29.7 Å². The minimum atomic E-state index is -0.591. The summed E-state index contributed by atoms with van der Waals surface area (Å²) in [5.74, 6) is 0.158. The van der Waals surface area contributed by atoms with E-state index in [1.165, 1.54) is 12.1 Å². The first-order valence-corrected chi connectivity index (χ1v) is 11.0. The number of aromatic nitrogens is 3. The van der Waals surface area contributed by atoms with E-state index in [1.807, 2.05) is 50.2 Å². The lowest BCUT2D eigenvalue weighted by molar-refractivity contribution is 0.0947. The molecular weight excluding hydrogens is 421 g/mol. The smallest absolute Gasteiger partial charge is 0.254 e. The Bertz CT molecular complexity index is 1310. The summed E-state index contributed by atoms with van der Waals surface area (Å²) < 4.78 is 21.9. The zero-order chi connectivity index (χ0) is 22.9. The van der Waals surface area contributed by atoms with Crippen LogP contribution in [0.3, 0.4) is 0 Å². The molecule has 168 valence electrons. The number of halogens is 1. The third kappa shape index (κ3) is 4.64. The van der Waals surface area contributed by atoms with Gasteiger partial charge in [-0.1, -0.05) is 12.1 Å². The molecular formula is C25H24FN5O2. The van der Waals surface area contributed by atoms with Gasteiger partial charge in [0, 0.05) is 23.5 Å². The number of carbonyl (C=O) groups excluding carboxylic acids is 1. The van der Waals surface area contributed by atoms with Gasteiger partial charge in [-0.15, -0.1) is 5.10 Å². The lowest BCUT2D eigenvalue weighted by Crippen LogP contribution is -2.26. The molecule has 0 unspecified atom stereocenters. The second-order valence-corrected chi connectivity index (χ2v) is 8.38. The first-order chi connectivity index (χ1) is 16.0. The molecule has 0 saturated heterocycles. The summed E-state index contributed by atoms with van der Waals surface area (Å²) >= 11 is 0. The van der Waals surface area contributed by atoms with Crippen LogP contribution in [0.25, 0.3) is 16.8 Å². The summed E-state index contributed by atoms with van der Waals surface area (Å²) in [6.45, 7) is 3.98. The number of benzene rings is 2. The van der Waals surface area contributed by atoms with Crippen molar-refractivity contribution >= 4 is 23.2 Å². The second-order valence-electron chi connectivity index (χ2n) is 8.38. The van der Waals surface area contributed by atoms with Crippen LogP contribution in [-0.2, 0) is 0 Å². The lowest BCUT2D eigenvalue weighted by Gasteiger charge is -2.10. The predicted molar refractivity (Wildman–Crippen MR) is 124 cm³/mol. The van der Waals surface area contributed by atoms with Crippen molar-refractivity contribution in [2.45, 2.75) is 38.8 Å². The van der Waals surface area contributed by atoms with Crippen molar-refractivity contribution in [3.05, 3.63) is 72.2 Å². The summed E-state index contributed by atoms with van der Waals surface area (Å²) in [7, 11) is 0. The van der Waals surface area contributed by atoms with E-state index in [4.69, 9.17) is 4.74 Å². The average molecular weight is 445 g/mol. The quantitative estimate of drug-likeness (QED) is 0.420. The Hall–Kier alpha value is -3.94. The number of nitrogens with one attached hydrogen (secondary N) is 2. The van der Waals surface area contributed by atoms with Gasteiger partial charge in [0.15, 0.2) is 5.65 Å².